The van der Waals surface area contributed by atoms with Crippen LogP contribution in [0.15, 0.2) is 108 Å². The standard InChI is InChI=1S/C31H26Cl2N4O2/c1-2-27(29-34-25-18-10-9-16-23(25)30(38)37(29)22-14-7-4-8-15-22)36(20-21-12-5-3-6-13-21)31(39)35-26-19-11-17-24(32)28(26)33/h3-19,27H,2,20H2,1H3,(H,35,39). The first-order valence-corrected chi connectivity index (χ1v) is 13.4. The fourth-order valence-corrected chi connectivity index (χ4v) is 4.98. The number of hydrogen-bond acceptors (Lipinski definition) is 3. The summed E-state index contributed by atoms with van der Waals surface area (Å²) >= 11 is 12.6. The summed E-state index contributed by atoms with van der Waals surface area (Å²) in [6.07, 6.45) is 0.501. The SMILES string of the molecule is CCC(c1nc2ccccc2c(=O)n1-c1ccccc1)N(Cc1ccccc1)C(=O)Nc1cccc(Cl)c1Cl. The van der Waals surface area contributed by atoms with Crippen LogP contribution in [-0.4, -0.2) is 20.5 Å². The lowest BCUT2D eigenvalue weighted by Crippen LogP contribution is -2.40. The molecule has 2 amide bonds. The molecule has 0 fully saturated rings. The Morgan fingerprint density at radius 3 is 2.28 bits per heavy atom. The zero-order valence-electron chi connectivity index (χ0n) is 21.2. The van der Waals surface area contributed by atoms with Crippen LogP contribution in [0.25, 0.3) is 16.6 Å². The first kappa shape index (κ1) is 26.5. The number of carbonyl (C=O) groups is 1. The van der Waals surface area contributed by atoms with Crippen molar-refractivity contribution in [3.63, 3.8) is 0 Å². The monoisotopic (exact) mass is 556 g/mol. The Morgan fingerprint density at radius 1 is 0.897 bits per heavy atom. The van der Waals surface area contributed by atoms with Crippen molar-refractivity contribution in [3.8, 4) is 5.69 Å². The van der Waals surface area contributed by atoms with Crippen molar-refractivity contribution in [1.29, 1.82) is 0 Å². The quantitative estimate of drug-likeness (QED) is 0.221. The van der Waals surface area contributed by atoms with E-state index >= 15 is 0 Å². The van der Waals surface area contributed by atoms with Gasteiger partial charge in [0.15, 0.2) is 0 Å². The minimum atomic E-state index is -0.555. The summed E-state index contributed by atoms with van der Waals surface area (Å²) in [4.78, 5) is 34.5. The summed E-state index contributed by atoms with van der Waals surface area (Å²) in [6, 6.07) is 30.4. The predicted molar refractivity (Wildman–Crippen MR) is 158 cm³/mol. The summed E-state index contributed by atoms with van der Waals surface area (Å²) in [5.74, 6) is 0.468. The average molecular weight is 557 g/mol. The minimum Gasteiger partial charge on any atom is -0.310 e. The molecule has 0 aliphatic rings. The molecule has 0 spiro atoms. The number of fused-ring (bicyclic) bond motifs is 1. The number of urea groups is 1. The van der Waals surface area contributed by atoms with E-state index in [-0.39, 0.29) is 17.1 Å². The van der Waals surface area contributed by atoms with Crippen LogP contribution in [0.2, 0.25) is 10.0 Å². The molecule has 0 aliphatic carbocycles. The lowest BCUT2D eigenvalue weighted by atomic mass is 10.1. The highest BCUT2D eigenvalue weighted by Crippen LogP contribution is 2.32. The van der Waals surface area contributed by atoms with Crippen LogP contribution in [0, 0.1) is 0 Å². The molecular formula is C31H26Cl2N4O2. The number of anilines is 1. The lowest BCUT2D eigenvalue weighted by Gasteiger charge is -2.32. The summed E-state index contributed by atoms with van der Waals surface area (Å²) in [7, 11) is 0. The van der Waals surface area contributed by atoms with Crippen LogP contribution in [0.4, 0.5) is 10.5 Å². The van der Waals surface area contributed by atoms with Crippen LogP contribution in [0.1, 0.15) is 30.8 Å². The van der Waals surface area contributed by atoms with Crippen molar-refractivity contribution in [2.45, 2.75) is 25.9 Å². The molecule has 39 heavy (non-hydrogen) atoms. The van der Waals surface area contributed by atoms with E-state index in [9.17, 15) is 9.59 Å². The lowest BCUT2D eigenvalue weighted by molar-refractivity contribution is 0.177. The maximum Gasteiger partial charge on any atom is 0.322 e. The smallest absolute Gasteiger partial charge is 0.310 e. The molecule has 1 unspecified atom stereocenters. The van der Waals surface area contributed by atoms with Gasteiger partial charge in [-0.1, -0.05) is 96.9 Å². The van der Waals surface area contributed by atoms with Gasteiger partial charge < -0.3 is 10.2 Å². The van der Waals surface area contributed by atoms with Gasteiger partial charge >= 0.3 is 6.03 Å². The second kappa shape index (κ2) is 11.7. The molecule has 0 aliphatic heterocycles. The van der Waals surface area contributed by atoms with Crippen LogP contribution in [-0.2, 0) is 6.54 Å². The van der Waals surface area contributed by atoms with E-state index in [4.69, 9.17) is 28.2 Å². The Morgan fingerprint density at radius 2 is 1.56 bits per heavy atom. The van der Waals surface area contributed by atoms with Crippen molar-refractivity contribution in [2.75, 3.05) is 5.32 Å². The van der Waals surface area contributed by atoms with E-state index in [1.54, 1.807) is 33.7 Å². The number of rotatable bonds is 7. The van der Waals surface area contributed by atoms with Crippen molar-refractivity contribution in [1.82, 2.24) is 14.5 Å². The van der Waals surface area contributed by atoms with Crippen molar-refractivity contribution in [3.05, 3.63) is 135 Å². The van der Waals surface area contributed by atoms with Gasteiger partial charge in [0.25, 0.3) is 5.56 Å². The number of benzene rings is 4. The van der Waals surface area contributed by atoms with Gasteiger partial charge in [0, 0.05) is 6.54 Å². The zero-order chi connectivity index (χ0) is 27.4. The molecule has 0 radical (unpaired) electrons. The Labute approximate surface area is 236 Å². The Kier molecular flexibility index (Phi) is 7.96. The summed E-state index contributed by atoms with van der Waals surface area (Å²) in [5.41, 5.74) is 2.37. The van der Waals surface area contributed by atoms with Crippen LogP contribution < -0.4 is 10.9 Å². The third-order valence-corrected chi connectivity index (χ3v) is 7.35. The Hall–Kier alpha value is -4.13. The molecule has 196 valence electrons. The number of nitrogens with one attached hydrogen (secondary N) is 1. The number of carbonyl (C=O) groups excluding carboxylic acids is 1. The molecule has 6 nitrogen and oxygen atoms in total. The molecule has 4 aromatic carbocycles. The van der Waals surface area contributed by atoms with Crippen LogP contribution in [0.3, 0.4) is 0 Å². The van der Waals surface area contributed by atoms with Gasteiger partial charge in [0.05, 0.1) is 38.4 Å². The summed E-state index contributed by atoms with van der Waals surface area (Å²) in [6.45, 7) is 2.25. The van der Waals surface area contributed by atoms with E-state index in [2.05, 4.69) is 5.32 Å². The van der Waals surface area contributed by atoms with Crippen LogP contribution >= 0.6 is 23.2 Å². The predicted octanol–water partition coefficient (Wildman–Crippen LogP) is 7.88. The second-order valence-corrected chi connectivity index (χ2v) is 9.82. The van der Waals surface area contributed by atoms with Gasteiger partial charge in [-0.05, 0) is 48.4 Å². The minimum absolute atomic E-state index is 0.196. The Bertz CT molecular complexity index is 1670. The highest BCUT2D eigenvalue weighted by atomic mass is 35.5. The Balaban J connectivity index is 1.68. The molecule has 1 heterocycles. The molecule has 1 aromatic heterocycles. The van der Waals surface area contributed by atoms with Crippen molar-refractivity contribution >= 4 is 45.8 Å². The largest absolute Gasteiger partial charge is 0.322 e. The third-order valence-electron chi connectivity index (χ3n) is 6.53. The topological polar surface area (TPSA) is 67.2 Å². The number of aromatic nitrogens is 2. The number of nitrogens with zero attached hydrogens (tertiary/aromatic N) is 3. The highest BCUT2D eigenvalue weighted by molar-refractivity contribution is 6.43. The molecule has 0 saturated heterocycles. The fraction of sp³-hybridized carbons (Fsp3) is 0.129. The number of para-hydroxylation sites is 2. The number of hydrogen-bond donors (Lipinski definition) is 1. The maximum absolute atomic E-state index is 13.9. The third kappa shape index (κ3) is 5.53. The molecule has 8 heteroatoms. The molecular weight excluding hydrogens is 531 g/mol. The molecule has 5 aromatic rings. The normalized spacial score (nSPS) is 11.8. The summed E-state index contributed by atoms with van der Waals surface area (Å²) in [5, 5.41) is 4.02. The zero-order valence-corrected chi connectivity index (χ0v) is 22.7. The second-order valence-electron chi connectivity index (χ2n) is 9.03. The van der Waals surface area contributed by atoms with Gasteiger partial charge in [-0.25, -0.2) is 9.78 Å². The molecule has 0 saturated carbocycles. The summed E-state index contributed by atoms with van der Waals surface area (Å²) < 4.78 is 1.61. The number of halogens is 2. The first-order valence-electron chi connectivity index (χ1n) is 12.6. The number of amides is 2. The van der Waals surface area contributed by atoms with Crippen LogP contribution in [0.5, 0.6) is 0 Å². The molecule has 0 bridgehead atoms. The molecule has 1 N–H and O–H groups in total. The first-order chi connectivity index (χ1) is 19.0. The van der Waals surface area contributed by atoms with Gasteiger partial charge in [0.1, 0.15) is 5.82 Å². The molecule has 5 rings (SSSR count). The molecule has 1 atom stereocenters. The van der Waals surface area contributed by atoms with E-state index < -0.39 is 12.1 Å². The van der Waals surface area contributed by atoms with Crippen molar-refractivity contribution < 1.29 is 4.79 Å². The van der Waals surface area contributed by atoms with Gasteiger partial charge in [0.2, 0.25) is 0 Å². The maximum atomic E-state index is 13.9. The van der Waals surface area contributed by atoms with Gasteiger partial charge in [-0.15, -0.1) is 0 Å². The van der Waals surface area contributed by atoms with E-state index in [1.165, 1.54) is 0 Å². The van der Waals surface area contributed by atoms with Gasteiger partial charge in [-0.2, -0.15) is 0 Å². The fourth-order valence-electron chi connectivity index (χ4n) is 4.63. The van der Waals surface area contributed by atoms with E-state index in [0.29, 0.717) is 39.5 Å². The van der Waals surface area contributed by atoms with Crippen molar-refractivity contribution in [2.24, 2.45) is 0 Å². The highest BCUT2D eigenvalue weighted by Gasteiger charge is 2.30. The van der Waals surface area contributed by atoms with E-state index in [1.807, 2.05) is 85.8 Å². The van der Waals surface area contributed by atoms with Gasteiger partial charge in [-0.3, -0.25) is 9.36 Å². The average Bonchev–Trinajstić information content (AvgIpc) is 2.96. The van der Waals surface area contributed by atoms with E-state index in [0.717, 1.165) is 5.56 Å².